The third-order valence-corrected chi connectivity index (χ3v) is 4.29. The first-order valence-corrected chi connectivity index (χ1v) is 9.26. The molecule has 0 aliphatic rings. The Morgan fingerprint density at radius 2 is 2.00 bits per heavy atom. The minimum Gasteiger partial charge on any atom is -0.504 e. The molecule has 0 saturated heterocycles. The molecule has 0 radical (unpaired) electrons. The molecule has 1 heterocycles. The van der Waals surface area contributed by atoms with E-state index in [4.69, 9.17) is 20.8 Å². The summed E-state index contributed by atoms with van der Waals surface area (Å²) in [5, 5.41) is 27.4. The van der Waals surface area contributed by atoms with E-state index in [0.717, 1.165) is 11.6 Å². The Labute approximate surface area is 169 Å². The van der Waals surface area contributed by atoms with Crippen LogP contribution in [0.3, 0.4) is 0 Å². The quantitative estimate of drug-likeness (QED) is 0.280. The second-order valence-electron chi connectivity index (χ2n) is 5.31. The van der Waals surface area contributed by atoms with Gasteiger partial charge in [-0.3, -0.25) is 0 Å². The molecule has 0 atom stereocenters. The third kappa shape index (κ3) is 5.19. The van der Waals surface area contributed by atoms with Gasteiger partial charge in [0.1, 0.15) is 0 Å². The van der Waals surface area contributed by atoms with Crippen LogP contribution >= 0.6 is 23.4 Å². The zero-order chi connectivity index (χ0) is 19.9. The highest BCUT2D eigenvalue weighted by Gasteiger charge is 2.10. The molecule has 2 N–H and O–H groups in total. The lowest BCUT2D eigenvalue weighted by Gasteiger charge is -2.02. The van der Waals surface area contributed by atoms with Gasteiger partial charge in [0.05, 0.1) is 11.3 Å². The minimum atomic E-state index is -0.652. The number of esters is 1. The summed E-state index contributed by atoms with van der Waals surface area (Å²) in [4.78, 5) is 11.8. The fourth-order valence-electron chi connectivity index (χ4n) is 2.04. The van der Waals surface area contributed by atoms with Crippen LogP contribution in [0.1, 0.15) is 10.4 Å². The number of carbonyl (C=O) groups is 1. The van der Waals surface area contributed by atoms with Crippen LogP contribution in [-0.4, -0.2) is 38.7 Å². The lowest BCUT2D eigenvalue weighted by molar-refractivity contribution is 0.0556. The maximum atomic E-state index is 11.8. The van der Waals surface area contributed by atoms with E-state index in [0.29, 0.717) is 21.9 Å². The molecule has 0 aliphatic heterocycles. The van der Waals surface area contributed by atoms with Gasteiger partial charge in [0.2, 0.25) is 5.89 Å². The number of rotatable bonds is 5. The van der Waals surface area contributed by atoms with E-state index in [2.05, 4.69) is 22.0 Å². The molecule has 7 nitrogen and oxygen atoms in total. The molecule has 0 aliphatic carbocycles. The van der Waals surface area contributed by atoms with Crippen molar-refractivity contribution in [3.63, 3.8) is 0 Å². The Morgan fingerprint density at radius 3 is 2.79 bits per heavy atom. The van der Waals surface area contributed by atoms with E-state index in [1.165, 1.54) is 23.9 Å². The number of aromatic hydroxyl groups is 2. The summed E-state index contributed by atoms with van der Waals surface area (Å²) in [6.07, 6.45) is 0. The van der Waals surface area contributed by atoms with E-state index < -0.39 is 11.7 Å². The highest BCUT2D eigenvalue weighted by Crippen LogP contribution is 2.26. The van der Waals surface area contributed by atoms with E-state index in [1.807, 2.05) is 6.07 Å². The van der Waals surface area contributed by atoms with E-state index in [1.54, 1.807) is 18.2 Å². The van der Waals surface area contributed by atoms with Gasteiger partial charge in [0.25, 0.3) is 5.22 Å². The Morgan fingerprint density at radius 1 is 1.14 bits per heavy atom. The number of halogens is 1. The number of nitrogens with zero attached hydrogens (tertiary/aromatic N) is 2. The first-order valence-electron chi connectivity index (χ1n) is 7.90. The number of aromatic nitrogens is 2. The normalized spacial score (nSPS) is 10.2. The second-order valence-corrected chi connectivity index (χ2v) is 6.67. The van der Waals surface area contributed by atoms with E-state index in [-0.39, 0.29) is 17.9 Å². The summed E-state index contributed by atoms with van der Waals surface area (Å²) in [6, 6.07) is 10.8. The number of ether oxygens (including phenoxy) is 1. The molecule has 0 bridgehead atoms. The standard InChI is InChI=1S/C19H13ClN2O5S/c20-14-5-3-4-12(10-14)17-21-22-19(27-17)28-9-2-1-8-26-18(25)13-6-7-15(23)16(24)11-13/h3-7,10-11,23-24H,8-9H2. The Kier molecular flexibility index (Phi) is 6.42. The number of phenolic OH excluding ortho intramolecular Hbond substituents is 2. The average molecular weight is 417 g/mol. The average Bonchev–Trinajstić information content (AvgIpc) is 3.15. The van der Waals surface area contributed by atoms with Crippen LogP contribution in [0, 0.1) is 11.8 Å². The van der Waals surface area contributed by atoms with Crippen molar-refractivity contribution in [1.29, 1.82) is 0 Å². The first-order chi connectivity index (χ1) is 13.5. The van der Waals surface area contributed by atoms with Crippen molar-refractivity contribution in [2.24, 2.45) is 0 Å². The van der Waals surface area contributed by atoms with Crippen LogP contribution in [0.15, 0.2) is 52.1 Å². The van der Waals surface area contributed by atoms with E-state index in [9.17, 15) is 15.0 Å². The molecule has 3 aromatic rings. The summed E-state index contributed by atoms with van der Waals surface area (Å²) in [5.41, 5.74) is 0.844. The van der Waals surface area contributed by atoms with Crippen LogP contribution < -0.4 is 0 Å². The molecular weight excluding hydrogens is 404 g/mol. The van der Waals surface area contributed by atoms with Crippen molar-refractivity contribution >= 4 is 29.3 Å². The summed E-state index contributed by atoms with van der Waals surface area (Å²) >= 11 is 7.19. The van der Waals surface area contributed by atoms with Gasteiger partial charge < -0.3 is 19.4 Å². The van der Waals surface area contributed by atoms with Crippen molar-refractivity contribution in [1.82, 2.24) is 10.2 Å². The van der Waals surface area contributed by atoms with Gasteiger partial charge in [-0.2, -0.15) is 0 Å². The van der Waals surface area contributed by atoms with Crippen LogP contribution in [0.2, 0.25) is 5.02 Å². The highest BCUT2D eigenvalue weighted by atomic mass is 35.5. The maximum Gasteiger partial charge on any atom is 0.339 e. The molecule has 28 heavy (non-hydrogen) atoms. The third-order valence-electron chi connectivity index (χ3n) is 3.36. The lowest BCUT2D eigenvalue weighted by Crippen LogP contribution is -2.05. The molecule has 1 aromatic heterocycles. The molecule has 0 unspecified atom stereocenters. The molecular formula is C19H13ClN2O5S. The summed E-state index contributed by atoms with van der Waals surface area (Å²) < 4.78 is 10.5. The number of carbonyl (C=O) groups excluding carboxylic acids is 1. The van der Waals surface area contributed by atoms with Crippen molar-refractivity contribution in [2.75, 3.05) is 12.4 Å². The molecule has 142 valence electrons. The second kappa shape index (κ2) is 9.17. The van der Waals surface area contributed by atoms with Crippen molar-refractivity contribution in [3.8, 4) is 34.8 Å². The highest BCUT2D eigenvalue weighted by molar-refractivity contribution is 7.99. The summed E-state index contributed by atoms with van der Waals surface area (Å²) in [7, 11) is 0. The number of benzene rings is 2. The Hall–Kier alpha value is -3.15. The van der Waals surface area contributed by atoms with Gasteiger partial charge in [-0.15, -0.1) is 10.2 Å². The van der Waals surface area contributed by atoms with Gasteiger partial charge in [-0.1, -0.05) is 41.3 Å². The molecule has 9 heteroatoms. The Balaban J connectivity index is 1.45. The van der Waals surface area contributed by atoms with Crippen LogP contribution in [0.25, 0.3) is 11.5 Å². The fourth-order valence-corrected chi connectivity index (χ4v) is 2.77. The van der Waals surface area contributed by atoms with Crippen molar-refractivity contribution < 1.29 is 24.2 Å². The first kappa shape index (κ1) is 19.6. The Bertz CT molecular complexity index is 1060. The zero-order valence-electron chi connectivity index (χ0n) is 14.3. The van der Waals surface area contributed by atoms with Crippen LogP contribution in [0.4, 0.5) is 0 Å². The largest absolute Gasteiger partial charge is 0.504 e. The van der Waals surface area contributed by atoms with Crippen molar-refractivity contribution in [3.05, 3.63) is 53.1 Å². The summed E-state index contributed by atoms with van der Waals surface area (Å²) in [5.74, 6) is 4.89. The smallest absolute Gasteiger partial charge is 0.339 e. The minimum absolute atomic E-state index is 0.112. The topological polar surface area (TPSA) is 106 Å². The molecule has 0 saturated carbocycles. The molecule has 2 aromatic carbocycles. The number of hydrogen-bond donors (Lipinski definition) is 2. The SMILES string of the molecule is O=C(OCC#CCSc1nnc(-c2cccc(Cl)c2)o1)c1ccc(O)c(O)c1. The molecule has 0 fully saturated rings. The monoisotopic (exact) mass is 416 g/mol. The number of hydrogen-bond acceptors (Lipinski definition) is 8. The van der Waals surface area contributed by atoms with Gasteiger partial charge in [-0.05, 0) is 36.4 Å². The lowest BCUT2D eigenvalue weighted by atomic mass is 10.2. The molecule has 0 amide bonds. The maximum absolute atomic E-state index is 11.8. The predicted molar refractivity (Wildman–Crippen MR) is 103 cm³/mol. The number of phenols is 2. The fraction of sp³-hybridized carbons (Fsp3) is 0.105. The van der Waals surface area contributed by atoms with Gasteiger partial charge in [-0.25, -0.2) is 4.79 Å². The molecule has 3 rings (SSSR count). The van der Waals surface area contributed by atoms with Gasteiger partial charge in [0, 0.05) is 10.6 Å². The van der Waals surface area contributed by atoms with Gasteiger partial charge >= 0.3 is 5.97 Å². The van der Waals surface area contributed by atoms with Crippen LogP contribution in [-0.2, 0) is 4.74 Å². The summed E-state index contributed by atoms with van der Waals surface area (Å²) in [6.45, 7) is -0.112. The van der Waals surface area contributed by atoms with E-state index >= 15 is 0 Å². The zero-order valence-corrected chi connectivity index (χ0v) is 15.8. The van der Waals surface area contributed by atoms with Crippen molar-refractivity contribution in [2.45, 2.75) is 5.22 Å². The molecule has 0 spiro atoms. The van der Waals surface area contributed by atoms with Gasteiger partial charge in [0.15, 0.2) is 18.1 Å². The number of thioether (sulfide) groups is 1. The predicted octanol–water partition coefficient (Wildman–Crippen LogP) is 3.75. The van der Waals surface area contributed by atoms with Crippen LogP contribution in [0.5, 0.6) is 11.5 Å².